The minimum atomic E-state index is -0.458. The standard InChI is InChI=1S/C15H21NO2.H2O/c1-2-18-14(17)15(9-6-11-16-12-10-15)13-7-4-3-5-8-13;/h3-5,7-8,16H,2,6,9-12H2,1H3;1H2. The van der Waals surface area contributed by atoms with E-state index in [1.165, 1.54) is 0 Å². The van der Waals surface area contributed by atoms with Crippen molar-refractivity contribution in [1.29, 1.82) is 0 Å². The molecule has 0 amide bonds. The number of carbonyl (C=O) groups is 1. The molecule has 0 aliphatic carbocycles. The lowest BCUT2D eigenvalue weighted by Gasteiger charge is -2.30. The average molecular weight is 265 g/mol. The summed E-state index contributed by atoms with van der Waals surface area (Å²) in [5.41, 5.74) is 0.632. The third-order valence-electron chi connectivity index (χ3n) is 3.68. The predicted octanol–water partition coefficient (Wildman–Crippen LogP) is 1.44. The third kappa shape index (κ3) is 3.33. The second-order valence-corrected chi connectivity index (χ2v) is 4.77. The van der Waals surface area contributed by atoms with E-state index in [0.29, 0.717) is 6.61 Å². The van der Waals surface area contributed by atoms with Crippen LogP contribution in [0.15, 0.2) is 30.3 Å². The molecule has 2 rings (SSSR count). The van der Waals surface area contributed by atoms with E-state index in [4.69, 9.17) is 4.74 Å². The van der Waals surface area contributed by atoms with Crippen LogP contribution in [0, 0.1) is 0 Å². The number of rotatable bonds is 3. The highest BCUT2D eigenvalue weighted by Crippen LogP contribution is 2.35. The molecule has 0 radical (unpaired) electrons. The Morgan fingerprint density at radius 1 is 1.26 bits per heavy atom. The van der Waals surface area contributed by atoms with Crippen molar-refractivity contribution < 1.29 is 15.0 Å². The van der Waals surface area contributed by atoms with Gasteiger partial charge in [0.2, 0.25) is 0 Å². The van der Waals surface area contributed by atoms with Gasteiger partial charge in [0, 0.05) is 0 Å². The molecule has 1 atom stereocenters. The molecule has 1 aromatic rings. The molecule has 0 aromatic heterocycles. The highest BCUT2D eigenvalue weighted by atomic mass is 16.5. The minimum absolute atomic E-state index is 0. The van der Waals surface area contributed by atoms with Crippen molar-refractivity contribution in [3.63, 3.8) is 0 Å². The molecule has 1 aliphatic rings. The summed E-state index contributed by atoms with van der Waals surface area (Å²) in [5, 5.41) is 3.36. The van der Waals surface area contributed by atoms with Gasteiger partial charge in [-0.15, -0.1) is 0 Å². The third-order valence-corrected chi connectivity index (χ3v) is 3.68. The van der Waals surface area contributed by atoms with Crippen molar-refractivity contribution in [2.45, 2.75) is 31.6 Å². The van der Waals surface area contributed by atoms with Gasteiger partial charge in [0.15, 0.2) is 0 Å². The average Bonchev–Trinajstić information content (AvgIpc) is 2.67. The number of esters is 1. The van der Waals surface area contributed by atoms with Gasteiger partial charge in [0.25, 0.3) is 0 Å². The fraction of sp³-hybridized carbons (Fsp3) is 0.533. The first-order chi connectivity index (χ1) is 8.79. The van der Waals surface area contributed by atoms with Crippen LogP contribution in [0.2, 0.25) is 0 Å². The Kier molecular flexibility index (Phi) is 5.99. The zero-order chi connectivity index (χ0) is 12.8. The Balaban J connectivity index is 0.00000180. The summed E-state index contributed by atoms with van der Waals surface area (Å²) in [6.07, 6.45) is 2.69. The number of hydrogen-bond acceptors (Lipinski definition) is 3. The fourth-order valence-corrected chi connectivity index (χ4v) is 2.70. The van der Waals surface area contributed by atoms with Gasteiger partial charge >= 0.3 is 5.97 Å². The maximum absolute atomic E-state index is 12.4. The SMILES string of the molecule is CCOC(=O)C1(c2ccccc2)CCCNCC1.O. The van der Waals surface area contributed by atoms with Crippen molar-refractivity contribution in [2.24, 2.45) is 0 Å². The minimum Gasteiger partial charge on any atom is -0.465 e. The molecule has 4 heteroatoms. The van der Waals surface area contributed by atoms with E-state index in [1.54, 1.807) is 0 Å². The predicted molar refractivity (Wildman–Crippen MR) is 75.1 cm³/mol. The summed E-state index contributed by atoms with van der Waals surface area (Å²) in [5.74, 6) is -0.0695. The highest BCUT2D eigenvalue weighted by Gasteiger charge is 2.41. The number of benzene rings is 1. The van der Waals surface area contributed by atoms with Crippen LogP contribution in [0.1, 0.15) is 31.7 Å². The lowest BCUT2D eigenvalue weighted by Crippen LogP contribution is -2.38. The van der Waals surface area contributed by atoms with E-state index in [2.05, 4.69) is 5.32 Å². The van der Waals surface area contributed by atoms with E-state index < -0.39 is 5.41 Å². The van der Waals surface area contributed by atoms with Crippen LogP contribution in [-0.4, -0.2) is 31.1 Å². The molecule has 0 saturated carbocycles. The molecule has 1 heterocycles. The normalized spacial score (nSPS) is 23.0. The maximum Gasteiger partial charge on any atom is 0.316 e. The van der Waals surface area contributed by atoms with E-state index >= 15 is 0 Å². The van der Waals surface area contributed by atoms with Crippen LogP contribution in [0.3, 0.4) is 0 Å². The van der Waals surface area contributed by atoms with Gasteiger partial charge in [0.1, 0.15) is 0 Å². The van der Waals surface area contributed by atoms with Gasteiger partial charge < -0.3 is 15.5 Å². The Bertz CT molecular complexity index is 384. The Labute approximate surface area is 114 Å². The molecule has 1 saturated heterocycles. The summed E-state index contributed by atoms with van der Waals surface area (Å²) in [7, 11) is 0. The van der Waals surface area contributed by atoms with Crippen LogP contribution in [0.25, 0.3) is 0 Å². The summed E-state index contributed by atoms with van der Waals surface area (Å²) >= 11 is 0. The Morgan fingerprint density at radius 3 is 2.68 bits per heavy atom. The lowest BCUT2D eigenvalue weighted by molar-refractivity contribution is -0.150. The summed E-state index contributed by atoms with van der Waals surface area (Å²) in [6.45, 7) is 4.16. The van der Waals surface area contributed by atoms with Crippen LogP contribution in [-0.2, 0) is 14.9 Å². The number of nitrogens with one attached hydrogen (secondary N) is 1. The van der Waals surface area contributed by atoms with E-state index in [-0.39, 0.29) is 11.4 Å². The molecule has 106 valence electrons. The van der Waals surface area contributed by atoms with Crippen LogP contribution < -0.4 is 5.32 Å². The second-order valence-electron chi connectivity index (χ2n) is 4.77. The van der Waals surface area contributed by atoms with Crippen molar-refractivity contribution in [2.75, 3.05) is 19.7 Å². The summed E-state index contributed by atoms with van der Waals surface area (Å²) in [6, 6.07) is 10.1. The number of hydrogen-bond donors (Lipinski definition) is 1. The first kappa shape index (κ1) is 15.7. The molecule has 0 spiro atoms. The molecule has 1 fully saturated rings. The zero-order valence-corrected chi connectivity index (χ0v) is 11.4. The molecule has 0 bridgehead atoms. The van der Waals surface area contributed by atoms with Crippen molar-refractivity contribution in [3.05, 3.63) is 35.9 Å². The molecular formula is C15H23NO3. The van der Waals surface area contributed by atoms with Crippen molar-refractivity contribution in [3.8, 4) is 0 Å². The first-order valence-corrected chi connectivity index (χ1v) is 6.73. The van der Waals surface area contributed by atoms with E-state index in [0.717, 1.165) is 37.9 Å². The largest absolute Gasteiger partial charge is 0.465 e. The van der Waals surface area contributed by atoms with Gasteiger partial charge in [0.05, 0.1) is 12.0 Å². The monoisotopic (exact) mass is 265 g/mol. The van der Waals surface area contributed by atoms with Crippen LogP contribution >= 0.6 is 0 Å². The molecule has 1 unspecified atom stereocenters. The summed E-state index contributed by atoms with van der Waals surface area (Å²) in [4.78, 5) is 12.4. The lowest BCUT2D eigenvalue weighted by atomic mass is 9.74. The summed E-state index contributed by atoms with van der Waals surface area (Å²) < 4.78 is 5.33. The quantitative estimate of drug-likeness (QED) is 0.841. The molecule has 3 N–H and O–H groups in total. The maximum atomic E-state index is 12.4. The van der Waals surface area contributed by atoms with Crippen molar-refractivity contribution in [1.82, 2.24) is 5.32 Å². The smallest absolute Gasteiger partial charge is 0.316 e. The second kappa shape index (κ2) is 7.26. The highest BCUT2D eigenvalue weighted by molar-refractivity contribution is 5.83. The Hall–Kier alpha value is -1.39. The molecule has 19 heavy (non-hydrogen) atoms. The number of ether oxygens (including phenoxy) is 1. The van der Waals surface area contributed by atoms with E-state index in [1.807, 2.05) is 37.3 Å². The molecule has 1 aromatic carbocycles. The van der Waals surface area contributed by atoms with Crippen LogP contribution in [0.4, 0.5) is 0 Å². The fourth-order valence-electron chi connectivity index (χ4n) is 2.70. The van der Waals surface area contributed by atoms with E-state index in [9.17, 15) is 4.79 Å². The van der Waals surface area contributed by atoms with Gasteiger partial charge in [-0.25, -0.2) is 0 Å². The van der Waals surface area contributed by atoms with Gasteiger partial charge in [-0.1, -0.05) is 30.3 Å². The molecule has 4 nitrogen and oxygen atoms in total. The molecular weight excluding hydrogens is 242 g/mol. The first-order valence-electron chi connectivity index (χ1n) is 6.73. The van der Waals surface area contributed by atoms with Gasteiger partial charge in [-0.2, -0.15) is 0 Å². The van der Waals surface area contributed by atoms with Crippen LogP contribution in [0.5, 0.6) is 0 Å². The van der Waals surface area contributed by atoms with Gasteiger partial charge in [-0.05, 0) is 44.8 Å². The van der Waals surface area contributed by atoms with Crippen molar-refractivity contribution >= 4 is 5.97 Å². The van der Waals surface area contributed by atoms with Gasteiger partial charge in [-0.3, -0.25) is 4.79 Å². The Morgan fingerprint density at radius 2 is 2.00 bits per heavy atom. The molecule has 1 aliphatic heterocycles. The number of carbonyl (C=O) groups excluding carboxylic acids is 1. The zero-order valence-electron chi connectivity index (χ0n) is 11.4. The topological polar surface area (TPSA) is 69.8 Å².